The molecule has 2 aliphatic carbocycles. The fraction of sp³-hybridized carbons (Fsp3) is 0.882. The van der Waals surface area contributed by atoms with Crippen molar-refractivity contribution >= 4 is 11.8 Å². The molecular weight excluding hydrogens is 296 g/mol. The van der Waals surface area contributed by atoms with E-state index in [1.54, 1.807) is 0 Å². The minimum absolute atomic E-state index is 0.0268. The Labute approximate surface area is 138 Å². The summed E-state index contributed by atoms with van der Waals surface area (Å²) in [5.41, 5.74) is 0. The maximum atomic E-state index is 12.0. The average molecular weight is 326 g/mol. The zero-order valence-corrected chi connectivity index (χ0v) is 14.5. The van der Waals surface area contributed by atoms with Gasteiger partial charge in [-0.2, -0.15) is 0 Å². The summed E-state index contributed by atoms with van der Waals surface area (Å²) in [6.07, 6.45) is 4.13. The van der Waals surface area contributed by atoms with Gasteiger partial charge in [-0.1, -0.05) is 0 Å². The highest BCUT2D eigenvalue weighted by molar-refractivity contribution is 5.80. The summed E-state index contributed by atoms with van der Waals surface area (Å²) in [5.74, 6) is 0.272. The van der Waals surface area contributed by atoms with Crippen LogP contribution in [0.2, 0.25) is 0 Å². The molecule has 2 N–H and O–H groups in total. The Morgan fingerprint density at radius 3 is 2.35 bits per heavy atom. The van der Waals surface area contributed by atoms with Gasteiger partial charge in [-0.3, -0.25) is 9.59 Å². The highest BCUT2D eigenvalue weighted by atomic mass is 16.5. The Kier molecular flexibility index (Phi) is 6.84. The minimum atomic E-state index is 0.0268. The quantitative estimate of drug-likeness (QED) is 0.671. The summed E-state index contributed by atoms with van der Waals surface area (Å²) in [6, 6.07) is 0.385. The monoisotopic (exact) mass is 326 g/mol. The zero-order chi connectivity index (χ0) is 16.8. The summed E-state index contributed by atoms with van der Waals surface area (Å²) in [4.78, 5) is 23.8. The predicted octanol–water partition coefficient (Wildman–Crippen LogP) is 1.38. The van der Waals surface area contributed by atoms with Crippen molar-refractivity contribution in [1.29, 1.82) is 0 Å². The van der Waals surface area contributed by atoms with Gasteiger partial charge in [-0.15, -0.1) is 0 Å². The molecule has 0 spiro atoms. The van der Waals surface area contributed by atoms with Gasteiger partial charge in [0.15, 0.2) is 0 Å². The lowest BCUT2D eigenvalue weighted by atomic mass is 9.80. The Morgan fingerprint density at radius 1 is 1.09 bits per heavy atom. The second kappa shape index (κ2) is 8.64. The van der Waals surface area contributed by atoms with Crippen LogP contribution in [0.3, 0.4) is 0 Å². The van der Waals surface area contributed by atoms with Crippen LogP contribution in [0, 0.1) is 5.92 Å². The molecule has 0 bridgehead atoms. The SMILES string of the molecule is CCOC1CC(C(=O)NC2CC(NC(=O)CCOC(C)C)C2)C1. The molecule has 2 aliphatic rings. The van der Waals surface area contributed by atoms with Crippen LogP contribution in [-0.2, 0) is 19.1 Å². The first kappa shape index (κ1) is 18.2. The van der Waals surface area contributed by atoms with Crippen LogP contribution < -0.4 is 10.6 Å². The van der Waals surface area contributed by atoms with E-state index in [0.29, 0.717) is 19.6 Å². The van der Waals surface area contributed by atoms with Crippen molar-refractivity contribution in [2.24, 2.45) is 5.92 Å². The Bertz CT molecular complexity index is 401. The van der Waals surface area contributed by atoms with Gasteiger partial charge < -0.3 is 20.1 Å². The molecule has 6 nitrogen and oxygen atoms in total. The van der Waals surface area contributed by atoms with Crippen molar-refractivity contribution in [1.82, 2.24) is 10.6 Å². The van der Waals surface area contributed by atoms with Crippen molar-refractivity contribution in [2.45, 2.75) is 77.2 Å². The van der Waals surface area contributed by atoms with Gasteiger partial charge in [0.1, 0.15) is 0 Å². The van der Waals surface area contributed by atoms with Crippen LogP contribution in [0.4, 0.5) is 0 Å². The molecule has 2 fully saturated rings. The zero-order valence-electron chi connectivity index (χ0n) is 14.5. The molecule has 2 saturated carbocycles. The van der Waals surface area contributed by atoms with E-state index in [9.17, 15) is 9.59 Å². The second-order valence-electron chi connectivity index (χ2n) is 6.86. The van der Waals surface area contributed by atoms with Crippen molar-refractivity contribution < 1.29 is 19.1 Å². The lowest BCUT2D eigenvalue weighted by molar-refractivity contribution is -0.135. The summed E-state index contributed by atoms with van der Waals surface area (Å²) in [6.45, 7) is 7.06. The lowest BCUT2D eigenvalue weighted by Gasteiger charge is -2.39. The van der Waals surface area contributed by atoms with Gasteiger partial charge in [-0.05, 0) is 46.5 Å². The molecule has 0 aromatic rings. The number of amides is 2. The molecule has 0 aromatic carbocycles. The molecule has 6 heteroatoms. The summed E-state index contributed by atoms with van der Waals surface area (Å²) >= 11 is 0. The van der Waals surface area contributed by atoms with Crippen molar-refractivity contribution in [3.8, 4) is 0 Å². The number of carbonyl (C=O) groups excluding carboxylic acids is 2. The standard InChI is InChI=1S/C17H30N2O4/c1-4-22-15-7-12(8-15)17(21)19-14-9-13(10-14)18-16(20)5-6-23-11(2)3/h11-15H,4-10H2,1-3H3,(H,18,20)(H,19,21). The first-order valence-corrected chi connectivity index (χ1v) is 8.80. The molecular formula is C17H30N2O4. The van der Waals surface area contributed by atoms with Gasteiger partial charge >= 0.3 is 0 Å². The predicted molar refractivity (Wildman–Crippen MR) is 86.9 cm³/mol. The number of nitrogens with one attached hydrogen (secondary N) is 2. The van der Waals surface area contributed by atoms with Crippen molar-refractivity contribution in [3.63, 3.8) is 0 Å². The van der Waals surface area contributed by atoms with Crippen LogP contribution in [0.1, 0.15) is 52.9 Å². The number of rotatable bonds is 9. The third kappa shape index (κ3) is 5.77. The van der Waals surface area contributed by atoms with Crippen LogP contribution in [-0.4, -0.2) is 49.3 Å². The molecule has 23 heavy (non-hydrogen) atoms. The number of hydrogen-bond acceptors (Lipinski definition) is 4. The van der Waals surface area contributed by atoms with Crippen LogP contribution in [0.15, 0.2) is 0 Å². The third-order valence-corrected chi connectivity index (χ3v) is 4.50. The first-order chi connectivity index (χ1) is 11.0. The second-order valence-corrected chi connectivity index (χ2v) is 6.86. The third-order valence-electron chi connectivity index (χ3n) is 4.50. The Morgan fingerprint density at radius 2 is 1.74 bits per heavy atom. The molecule has 0 unspecified atom stereocenters. The number of ether oxygens (including phenoxy) is 2. The van der Waals surface area contributed by atoms with Gasteiger partial charge in [0.2, 0.25) is 11.8 Å². The van der Waals surface area contributed by atoms with Crippen LogP contribution in [0.25, 0.3) is 0 Å². The summed E-state index contributed by atoms with van der Waals surface area (Å²) < 4.78 is 10.8. The van der Waals surface area contributed by atoms with Crippen molar-refractivity contribution in [2.75, 3.05) is 13.2 Å². The molecule has 0 heterocycles. The molecule has 132 valence electrons. The number of hydrogen-bond donors (Lipinski definition) is 2. The van der Waals surface area contributed by atoms with E-state index in [0.717, 1.165) is 25.7 Å². The molecule has 2 rings (SSSR count). The smallest absolute Gasteiger partial charge is 0.223 e. The van der Waals surface area contributed by atoms with E-state index < -0.39 is 0 Å². The van der Waals surface area contributed by atoms with Crippen LogP contribution in [0.5, 0.6) is 0 Å². The van der Waals surface area contributed by atoms with E-state index >= 15 is 0 Å². The topological polar surface area (TPSA) is 76.7 Å². The van der Waals surface area contributed by atoms with Crippen molar-refractivity contribution in [3.05, 3.63) is 0 Å². The fourth-order valence-electron chi connectivity index (χ4n) is 3.01. The van der Waals surface area contributed by atoms with E-state index in [-0.39, 0.29) is 42.0 Å². The number of carbonyl (C=O) groups is 2. The highest BCUT2D eigenvalue weighted by Gasteiger charge is 2.38. The molecule has 0 radical (unpaired) electrons. The van der Waals surface area contributed by atoms with E-state index in [4.69, 9.17) is 9.47 Å². The van der Waals surface area contributed by atoms with Gasteiger partial charge in [-0.25, -0.2) is 0 Å². The molecule has 0 atom stereocenters. The maximum absolute atomic E-state index is 12.0. The van der Waals surface area contributed by atoms with Crippen LogP contribution >= 0.6 is 0 Å². The van der Waals surface area contributed by atoms with E-state index in [1.165, 1.54) is 0 Å². The highest BCUT2D eigenvalue weighted by Crippen LogP contribution is 2.31. The Balaban J connectivity index is 1.52. The van der Waals surface area contributed by atoms with Gasteiger partial charge in [0, 0.05) is 31.0 Å². The first-order valence-electron chi connectivity index (χ1n) is 8.80. The molecule has 0 aromatic heterocycles. The molecule has 0 saturated heterocycles. The molecule has 0 aliphatic heterocycles. The fourth-order valence-corrected chi connectivity index (χ4v) is 3.01. The van der Waals surface area contributed by atoms with Gasteiger partial charge in [0.25, 0.3) is 0 Å². The Hall–Kier alpha value is -1.14. The lowest BCUT2D eigenvalue weighted by Crippen LogP contribution is -2.56. The van der Waals surface area contributed by atoms with E-state index in [1.807, 2.05) is 20.8 Å². The minimum Gasteiger partial charge on any atom is -0.378 e. The average Bonchev–Trinajstić information content (AvgIpc) is 2.39. The maximum Gasteiger partial charge on any atom is 0.223 e. The van der Waals surface area contributed by atoms with Gasteiger partial charge in [0.05, 0.1) is 18.8 Å². The summed E-state index contributed by atoms with van der Waals surface area (Å²) in [7, 11) is 0. The normalized spacial score (nSPS) is 29.6. The largest absolute Gasteiger partial charge is 0.378 e. The molecule has 2 amide bonds. The van der Waals surface area contributed by atoms with E-state index in [2.05, 4.69) is 10.6 Å². The summed E-state index contributed by atoms with van der Waals surface area (Å²) in [5, 5.41) is 6.06.